The molecule has 0 saturated carbocycles. The quantitative estimate of drug-likeness (QED) is 0.157. The largest absolute Gasteiger partial charge is 0.461 e. The van der Waals surface area contributed by atoms with E-state index < -0.39 is 0 Å². The predicted molar refractivity (Wildman–Crippen MR) is 129 cm³/mol. The van der Waals surface area contributed by atoms with Gasteiger partial charge in [-0.05, 0) is 61.4 Å². The van der Waals surface area contributed by atoms with Crippen LogP contribution in [-0.2, 0) is 22.5 Å². The Morgan fingerprint density at radius 3 is 1.58 bits per heavy atom. The smallest absolute Gasteiger partial charge is 0.170 e. The number of oxime groups is 2. The first-order valence-corrected chi connectivity index (χ1v) is 10.9. The minimum Gasteiger partial charge on any atom is -0.461 e. The fourth-order valence-electron chi connectivity index (χ4n) is 3.84. The van der Waals surface area contributed by atoms with Gasteiger partial charge < -0.3 is 30.0 Å². The summed E-state index contributed by atoms with van der Waals surface area (Å²) in [5.41, 5.74) is 15.1. The Labute approximate surface area is 191 Å². The van der Waals surface area contributed by atoms with Crippen molar-refractivity contribution >= 4 is 33.6 Å². The summed E-state index contributed by atoms with van der Waals surface area (Å²) in [5, 5.41) is 9.57. The zero-order valence-electron chi connectivity index (χ0n) is 18.8. The van der Waals surface area contributed by atoms with Crippen LogP contribution in [-0.4, -0.2) is 25.9 Å². The molecule has 2 aromatic carbocycles. The molecule has 0 saturated heterocycles. The maximum atomic E-state index is 5.96. The molecular weight excluding hydrogens is 420 g/mol. The number of nitrogens with two attached hydrogens (primary N) is 2. The van der Waals surface area contributed by atoms with E-state index in [1.165, 1.54) is 14.2 Å². The Balaban J connectivity index is 1.29. The van der Waals surface area contributed by atoms with E-state index in [1.54, 1.807) is 0 Å². The summed E-state index contributed by atoms with van der Waals surface area (Å²) in [4.78, 5) is 9.48. The average molecular weight is 449 g/mol. The number of amidine groups is 2. The summed E-state index contributed by atoms with van der Waals surface area (Å²) < 4.78 is 11.9. The van der Waals surface area contributed by atoms with Crippen molar-refractivity contribution in [1.82, 2.24) is 0 Å². The lowest BCUT2D eigenvalue weighted by molar-refractivity contribution is 0.213. The molecule has 172 valence electrons. The van der Waals surface area contributed by atoms with Crippen LogP contribution in [0.15, 0.2) is 67.7 Å². The SMILES string of the molecule is CON=C(N)c1ccc2oc(CCCCCc3cc4cc(C(N)=NOC)ccc4o3)cc2c1. The van der Waals surface area contributed by atoms with Crippen molar-refractivity contribution < 1.29 is 18.5 Å². The van der Waals surface area contributed by atoms with Gasteiger partial charge in [0.25, 0.3) is 0 Å². The van der Waals surface area contributed by atoms with Crippen molar-refractivity contribution in [2.24, 2.45) is 21.8 Å². The number of hydrogen-bond donors (Lipinski definition) is 2. The molecule has 8 nitrogen and oxygen atoms in total. The summed E-state index contributed by atoms with van der Waals surface area (Å²) in [6.07, 6.45) is 4.91. The summed E-state index contributed by atoms with van der Waals surface area (Å²) in [6, 6.07) is 15.6. The molecule has 0 amide bonds. The van der Waals surface area contributed by atoms with Crippen molar-refractivity contribution in [1.29, 1.82) is 0 Å². The van der Waals surface area contributed by atoms with Crippen LogP contribution in [0.25, 0.3) is 21.9 Å². The first kappa shape index (κ1) is 22.3. The van der Waals surface area contributed by atoms with E-state index in [4.69, 9.17) is 30.0 Å². The molecule has 33 heavy (non-hydrogen) atoms. The van der Waals surface area contributed by atoms with E-state index >= 15 is 0 Å². The Hall–Kier alpha value is -3.94. The van der Waals surface area contributed by atoms with E-state index in [2.05, 4.69) is 22.4 Å². The number of hydrogen-bond acceptors (Lipinski definition) is 6. The lowest BCUT2D eigenvalue weighted by Crippen LogP contribution is -2.13. The van der Waals surface area contributed by atoms with E-state index in [0.29, 0.717) is 11.7 Å². The van der Waals surface area contributed by atoms with Gasteiger partial charge in [-0.25, -0.2) is 0 Å². The van der Waals surface area contributed by atoms with Crippen LogP contribution in [0, 0.1) is 0 Å². The highest BCUT2D eigenvalue weighted by atomic mass is 16.6. The van der Waals surface area contributed by atoms with Crippen molar-refractivity contribution in [3.8, 4) is 0 Å². The van der Waals surface area contributed by atoms with Gasteiger partial charge in [0.15, 0.2) is 11.7 Å². The molecule has 0 unspecified atom stereocenters. The number of benzene rings is 2. The van der Waals surface area contributed by atoms with E-state index in [0.717, 1.165) is 76.7 Å². The minimum atomic E-state index is 0.343. The first-order chi connectivity index (χ1) is 16.1. The average Bonchev–Trinajstić information content (AvgIpc) is 3.41. The lowest BCUT2D eigenvalue weighted by atomic mass is 10.1. The predicted octanol–water partition coefficient (Wildman–Crippen LogP) is 4.67. The third-order valence-corrected chi connectivity index (χ3v) is 5.45. The number of nitrogens with zero attached hydrogens (tertiary/aromatic N) is 2. The van der Waals surface area contributed by atoms with Gasteiger partial charge in [-0.15, -0.1) is 0 Å². The maximum Gasteiger partial charge on any atom is 0.170 e. The zero-order chi connectivity index (χ0) is 23.2. The molecule has 2 heterocycles. The molecule has 2 aromatic heterocycles. The third kappa shape index (κ3) is 5.28. The Kier molecular flexibility index (Phi) is 6.83. The summed E-state index contributed by atoms with van der Waals surface area (Å²) in [5.74, 6) is 2.62. The van der Waals surface area contributed by atoms with Crippen molar-refractivity contribution in [3.05, 3.63) is 71.2 Å². The van der Waals surface area contributed by atoms with Gasteiger partial charge in [-0.3, -0.25) is 0 Å². The van der Waals surface area contributed by atoms with Crippen molar-refractivity contribution in [2.75, 3.05) is 14.2 Å². The van der Waals surface area contributed by atoms with Crippen LogP contribution in [0.4, 0.5) is 0 Å². The summed E-state index contributed by atoms with van der Waals surface area (Å²) in [6.45, 7) is 0. The zero-order valence-corrected chi connectivity index (χ0v) is 18.8. The number of unbranched alkanes of at least 4 members (excludes halogenated alkanes) is 2. The number of furan rings is 2. The van der Waals surface area contributed by atoms with E-state index in [-0.39, 0.29) is 0 Å². The molecule has 4 rings (SSSR count). The highest BCUT2D eigenvalue weighted by Crippen LogP contribution is 2.24. The second kappa shape index (κ2) is 10.1. The normalized spacial score (nSPS) is 12.5. The number of rotatable bonds is 10. The van der Waals surface area contributed by atoms with Gasteiger partial charge in [-0.2, -0.15) is 0 Å². The second-order valence-electron chi connectivity index (χ2n) is 7.81. The molecule has 4 N–H and O–H groups in total. The molecule has 4 aromatic rings. The van der Waals surface area contributed by atoms with Crippen LogP contribution in [0.1, 0.15) is 41.9 Å². The monoisotopic (exact) mass is 448 g/mol. The number of fused-ring (bicyclic) bond motifs is 2. The molecule has 0 fully saturated rings. The summed E-state index contributed by atoms with van der Waals surface area (Å²) >= 11 is 0. The van der Waals surface area contributed by atoms with Gasteiger partial charge in [0.2, 0.25) is 0 Å². The van der Waals surface area contributed by atoms with Gasteiger partial charge in [0.05, 0.1) is 0 Å². The third-order valence-electron chi connectivity index (χ3n) is 5.45. The molecule has 8 heteroatoms. The highest BCUT2D eigenvalue weighted by Gasteiger charge is 2.09. The molecule has 0 spiro atoms. The van der Waals surface area contributed by atoms with Gasteiger partial charge in [0, 0.05) is 34.7 Å². The van der Waals surface area contributed by atoms with Crippen LogP contribution in [0.2, 0.25) is 0 Å². The molecule has 0 atom stereocenters. The van der Waals surface area contributed by atoms with Crippen LogP contribution < -0.4 is 11.5 Å². The van der Waals surface area contributed by atoms with Crippen LogP contribution in [0.3, 0.4) is 0 Å². The van der Waals surface area contributed by atoms with E-state index in [9.17, 15) is 0 Å². The molecule has 0 aliphatic carbocycles. The molecule has 0 bridgehead atoms. The maximum absolute atomic E-state index is 5.96. The van der Waals surface area contributed by atoms with Gasteiger partial charge >= 0.3 is 0 Å². The van der Waals surface area contributed by atoms with Crippen LogP contribution in [0.5, 0.6) is 0 Å². The molecule has 0 aliphatic heterocycles. The fraction of sp³-hybridized carbons (Fsp3) is 0.280. The minimum absolute atomic E-state index is 0.343. The number of aryl methyl sites for hydroxylation is 2. The van der Waals surface area contributed by atoms with Crippen LogP contribution >= 0.6 is 0 Å². The van der Waals surface area contributed by atoms with Gasteiger partial charge in [0.1, 0.15) is 36.9 Å². The molecule has 0 aliphatic rings. The van der Waals surface area contributed by atoms with Crippen molar-refractivity contribution in [3.63, 3.8) is 0 Å². The van der Waals surface area contributed by atoms with Gasteiger partial charge in [-0.1, -0.05) is 16.7 Å². The Morgan fingerprint density at radius 2 is 1.15 bits per heavy atom. The topological polar surface area (TPSA) is 122 Å². The summed E-state index contributed by atoms with van der Waals surface area (Å²) in [7, 11) is 2.95. The highest BCUT2D eigenvalue weighted by molar-refractivity contribution is 6.00. The molecule has 0 radical (unpaired) electrons. The fourth-order valence-corrected chi connectivity index (χ4v) is 3.84. The Bertz CT molecular complexity index is 1200. The molecular formula is C25H28N4O4. The second-order valence-corrected chi connectivity index (χ2v) is 7.81. The standard InChI is InChI=1S/C25H28N4O4/c1-30-28-24(26)16-8-10-22-18(12-16)14-20(32-22)6-4-3-5-7-21-15-19-13-17(25(27)29-31-2)9-11-23(19)33-21/h8-15H,3-7H2,1-2H3,(H2,26,28)(H2,27,29). The first-order valence-electron chi connectivity index (χ1n) is 10.9. The Morgan fingerprint density at radius 1 is 0.697 bits per heavy atom. The van der Waals surface area contributed by atoms with Crippen molar-refractivity contribution in [2.45, 2.75) is 32.1 Å². The van der Waals surface area contributed by atoms with E-state index in [1.807, 2.05) is 36.4 Å². The lowest BCUT2D eigenvalue weighted by Gasteiger charge is -1.99.